The highest BCUT2D eigenvalue weighted by atomic mass is 32.2. The fraction of sp³-hybridized carbons (Fsp3) is 0.900. The van der Waals surface area contributed by atoms with Crippen LogP contribution in [-0.2, 0) is 4.79 Å². The van der Waals surface area contributed by atoms with E-state index in [1.54, 1.807) is 6.92 Å². The number of alkyl halides is 3. The minimum absolute atomic E-state index is 0.0700. The Kier molecular flexibility index (Phi) is 7.05. The molecule has 15 heavy (non-hydrogen) atoms. The first-order valence-electron chi connectivity index (χ1n) is 5.07. The van der Waals surface area contributed by atoms with Crippen molar-refractivity contribution in [1.29, 1.82) is 0 Å². The van der Waals surface area contributed by atoms with Crippen molar-refractivity contribution in [3.63, 3.8) is 0 Å². The van der Waals surface area contributed by atoms with Gasteiger partial charge in [-0.05, 0) is 19.8 Å². The van der Waals surface area contributed by atoms with E-state index in [1.807, 2.05) is 0 Å². The SMILES string of the molecule is CCC(=O)SCCCCC(F)(F)C(C)F. The largest absolute Gasteiger partial charge is 0.287 e. The van der Waals surface area contributed by atoms with Gasteiger partial charge < -0.3 is 0 Å². The van der Waals surface area contributed by atoms with Gasteiger partial charge in [0.25, 0.3) is 5.92 Å². The number of thioether (sulfide) groups is 1. The minimum atomic E-state index is -3.22. The Balaban J connectivity index is 3.50. The molecule has 0 aliphatic heterocycles. The van der Waals surface area contributed by atoms with Crippen LogP contribution in [-0.4, -0.2) is 23.0 Å². The van der Waals surface area contributed by atoms with E-state index in [2.05, 4.69) is 0 Å². The second-order valence-electron chi connectivity index (χ2n) is 3.41. The number of carbonyl (C=O) groups excluding carboxylic acids is 1. The van der Waals surface area contributed by atoms with Crippen molar-refractivity contribution >= 4 is 16.9 Å². The maximum Gasteiger partial charge on any atom is 0.278 e. The predicted molar refractivity (Wildman–Crippen MR) is 57.1 cm³/mol. The van der Waals surface area contributed by atoms with Gasteiger partial charge in [0, 0.05) is 18.6 Å². The van der Waals surface area contributed by atoms with Gasteiger partial charge in [0.15, 0.2) is 11.3 Å². The molecule has 0 N–H and O–H groups in total. The molecule has 0 saturated heterocycles. The van der Waals surface area contributed by atoms with Crippen LogP contribution in [0.15, 0.2) is 0 Å². The molecule has 1 unspecified atom stereocenters. The summed E-state index contributed by atoms with van der Waals surface area (Å²) in [4.78, 5) is 10.8. The Morgan fingerprint density at radius 1 is 1.40 bits per heavy atom. The van der Waals surface area contributed by atoms with E-state index >= 15 is 0 Å². The lowest BCUT2D eigenvalue weighted by molar-refractivity contribution is -0.110. The second kappa shape index (κ2) is 7.14. The molecule has 0 bridgehead atoms. The van der Waals surface area contributed by atoms with Crippen LogP contribution >= 0.6 is 11.8 Å². The molecule has 0 aromatic carbocycles. The topological polar surface area (TPSA) is 17.1 Å². The molecular weight excluding hydrogens is 225 g/mol. The van der Waals surface area contributed by atoms with Gasteiger partial charge in [-0.1, -0.05) is 18.7 Å². The van der Waals surface area contributed by atoms with E-state index in [-0.39, 0.29) is 11.5 Å². The van der Waals surface area contributed by atoms with Crippen molar-refractivity contribution in [3.05, 3.63) is 0 Å². The molecule has 0 aromatic rings. The molecule has 90 valence electrons. The molecule has 0 aromatic heterocycles. The molecule has 0 aliphatic rings. The van der Waals surface area contributed by atoms with Crippen LogP contribution in [0, 0.1) is 0 Å². The zero-order valence-electron chi connectivity index (χ0n) is 9.06. The summed E-state index contributed by atoms with van der Waals surface area (Å²) in [5.41, 5.74) is 0. The molecule has 5 heteroatoms. The number of hydrogen-bond acceptors (Lipinski definition) is 2. The monoisotopic (exact) mass is 242 g/mol. The summed E-state index contributed by atoms with van der Waals surface area (Å²) in [6.45, 7) is 2.63. The Labute approximate surface area is 92.8 Å². The molecule has 0 amide bonds. The molecular formula is C10H17F3OS. The number of rotatable bonds is 7. The normalized spacial score (nSPS) is 13.9. The molecule has 0 aliphatic carbocycles. The van der Waals surface area contributed by atoms with Crippen LogP contribution in [0.4, 0.5) is 13.2 Å². The average Bonchev–Trinajstić information content (AvgIpc) is 2.16. The molecule has 1 atom stereocenters. The van der Waals surface area contributed by atoms with Gasteiger partial charge in [-0.25, -0.2) is 13.2 Å². The average molecular weight is 242 g/mol. The van der Waals surface area contributed by atoms with E-state index in [4.69, 9.17) is 0 Å². The fourth-order valence-electron chi connectivity index (χ4n) is 0.950. The second-order valence-corrected chi connectivity index (χ2v) is 4.56. The molecule has 0 spiro atoms. The van der Waals surface area contributed by atoms with Crippen LogP contribution in [0.1, 0.15) is 39.5 Å². The summed E-state index contributed by atoms with van der Waals surface area (Å²) in [6.07, 6.45) is -1.29. The van der Waals surface area contributed by atoms with E-state index in [9.17, 15) is 18.0 Å². The molecule has 1 nitrogen and oxygen atoms in total. The van der Waals surface area contributed by atoms with Gasteiger partial charge in [0.2, 0.25) is 0 Å². The van der Waals surface area contributed by atoms with E-state index in [1.165, 1.54) is 0 Å². The van der Waals surface area contributed by atoms with Crippen LogP contribution < -0.4 is 0 Å². The summed E-state index contributed by atoms with van der Waals surface area (Å²) < 4.78 is 37.9. The van der Waals surface area contributed by atoms with Crippen LogP contribution in [0.25, 0.3) is 0 Å². The van der Waals surface area contributed by atoms with Crippen molar-refractivity contribution in [2.45, 2.75) is 51.6 Å². The van der Waals surface area contributed by atoms with Crippen LogP contribution in [0.5, 0.6) is 0 Å². The van der Waals surface area contributed by atoms with Crippen LogP contribution in [0.2, 0.25) is 0 Å². The van der Waals surface area contributed by atoms with E-state index in [0.29, 0.717) is 18.6 Å². The molecule has 0 saturated carbocycles. The smallest absolute Gasteiger partial charge is 0.278 e. The summed E-state index contributed by atoms with van der Waals surface area (Å²) in [5, 5.41) is 0.0700. The third-order valence-electron chi connectivity index (χ3n) is 2.04. The lowest BCUT2D eigenvalue weighted by atomic mass is 10.1. The van der Waals surface area contributed by atoms with Crippen molar-refractivity contribution in [3.8, 4) is 0 Å². The first kappa shape index (κ1) is 14.8. The number of carbonyl (C=O) groups is 1. The van der Waals surface area contributed by atoms with Gasteiger partial charge >= 0.3 is 0 Å². The Bertz CT molecular complexity index is 195. The minimum Gasteiger partial charge on any atom is -0.287 e. The molecule has 0 fully saturated rings. The lowest BCUT2D eigenvalue weighted by Gasteiger charge is -2.16. The third-order valence-corrected chi connectivity index (χ3v) is 3.14. The van der Waals surface area contributed by atoms with Crippen LogP contribution in [0.3, 0.4) is 0 Å². The number of unbranched alkanes of at least 4 members (excludes halogenated alkanes) is 1. The standard InChI is InChI=1S/C10H17F3OS/c1-3-9(14)15-7-5-4-6-10(12,13)8(2)11/h8H,3-7H2,1-2H3. The van der Waals surface area contributed by atoms with E-state index < -0.39 is 18.5 Å². The van der Waals surface area contributed by atoms with E-state index in [0.717, 1.165) is 18.7 Å². The highest BCUT2D eigenvalue weighted by Gasteiger charge is 2.35. The maximum atomic E-state index is 12.7. The first-order valence-corrected chi connectivity index (χ1v) is 6.06. The summed E-state index contributed by atoms with van der Waals surface area (Å²) in [7, 11) is 0. The summed E-state index contributed by atoms with van der Waals surface area (Å²) >= 11 is 1.16. The number of hydrogen-bond donors (Lipinski definition) is 0. The molecule has 0 radical (unpaired) electrons. The molecule has 0 heterocycles. The van der Waals surface area contributed by atoms with Gasteiger partial charge in [0.1, 0.15) is 0 Å². The van der Waals surface area contributed by atoms with Crippen molar-refractivity contribution in [2.75, 3.05) is 5.75 Å². The van der Waals surface area contributed by atoms with Crippen molar-refractivity contribution < 1.29 is 18.0 Å². The first-order chi connectivity index (χ1) is 6.90. The Morgan fingerprint density at radius 2 is 2.00 bits per heavy atom. The quantitative estimate of drug-likeness (QED) is 0.631. The Hall–Kier alpha value is -0.190. The Morgan fingerprint density at radius 3 is 2.47 bits per heavy atom. The summed E-state index contributed by atoms with van der Waals surface area (Å²) in [5.74, 6) is -2.68. The predicted octanol–water partition coefficient (Wildman–Crippen LogP) is 3.82. The van der Waals surface area contributed by atoms with Gasteiger partial charge in [-0.15, -0.1) is 0 Å². The fourth-order valence-corrected chi connectivity index (χ4v) is 1.73. The zero-order chi connectivity index (χ0) is 11.9. The van der Waals surface area contributed by atoms with Crippen molar-refractivity contribution in [2.24, 2.45) is 0 Å². The lowest BCUT2D eigenvalue weighted by Crippen LogP contribution is -2.27. The van der Waals surface area contributed by atoms with Gasteiger partial charge in [-0.3, -0.25) is 4.79 Å². The molecule has 0 rings (SSSR count). The highest BCUT2D eigenvalue weighted by molar-refractivity contribution is 8.13. The summed E-state index contributed by atoms with van der Waals surface area (Å²) in [6, 6.07) is 0. The van der Waals surface area contributed by atoms with Crippen molar-refractivity contribution in [1.82, 2.24) is 0 Å². The van der Waals surface area contributed by atoms with Gasteiger partial charge in [0.05, 0.1) is 0 Å². The maximum absolute atomic E-state index is 12.7. The number of halogens is 3. The third kappa shape index (κ3) is 6.82. The van der Waals surface area contributed by atoms with Gasteiger partial charge in [-0.2, -0.15) is 0 Å². The zero-order valence-corrected chi connectivity index (χ0v) is 9.88. The highest BCUT2D eigenvalue weighted by Crippen LogP contribution is 2.27.